The van der Waals surface area contributed by atoms with E-state index in [0.29, 0.717) is 0 Å². The normalized spacial score (nSPS) is 10.9. The Morgan fingerprint density at radius 3 is 2.92 bits per heavy atom. The van der Waals surface area contributed by atoms with Gasteiger partial charge in [-0.25, -0.2) is 4.39 Å². The smallest absolute Gasteiger partial charge is 0.142 e. The lowest BCUT2D eigenvalue weighted by Crippen LogP contribution is -1.75. The second-order valence-electron chi connectivity index (χ2n) is 2.68. The maximum atomic E-state index is 13.2. The molecule has 2 aromatic rings. The van der Waals surface area contributed by atoms with Crippen molar-refractivity contribution in [2.24, 2.45) is 0 Å². The first kappa shape index (κ1) is 8.20. The van der Waals surface area contributed by atoms with Crippen LogP contribution in [-0.4, -0.2) is 0 Å². The van der Waals surface area contributed by atoms with E-state index in [1.807, 2.05) is 18.4 Å². The molecule has 0 amide bonds. The first-order valence-electron chi connectivity index (χ1n) is 3.51. The van der Waals surface area contributed by atoms with Crippen molar-refractivity contribution in [3.63, 3.8) is 0 Å². The van der Waals surface area contributed by atoms with Gasteiger partial charge in [-0.3, -0.25) is 0 Å². The van der Waals surface area contributed by atoms with Gasteiger partial charge >= 0.3 is 0 Å². The Hall–Kier alpha value is -0.410. The summed E-state index contributed by atoms with van der Waals surface area (Å²) in [7, 11) is 0. The Labute approximate surface area is 82.2 Å². The van der Waals surface area contributed by atoms with Crippen molar-refractivity contribution in [3.05, 3.63) is 33.4 Å². The summed E-state index contributed by atoms with van der Waals surface area (Å²) in [5, 5.41) is 2.98. The quantitative estimate of drug-likeness (QED) is 0.655. The topological polar surface area (TPSA) is 0 Å². The molecular weight excluding hydrogens is 239 g/mol. The predicted molar refractivity (Wildman–Crippen MR) is 54.2 cm³/mol. The van der Waals surface area contributed by atoms with Crippen LogP contribution in [0.4, 0.5) is 4.39 Å². The number of fused-ring (bicyclic) bond motifs is 1. The van der Waals surface area contributed by atoms with Crippen molar-refractivity contribution in [1.29, 1.82) is 0 Å². The van der Waals surface area contributed by atoms with Gasteiger partial charge in [-0.2, -0.15) is 0 Å². The Morgan fingerprint density at radius 1 is 1.42 bits per heavy atom. The highest BCUT2D eigenvalue weighted by Crippen LogP contribution is 2.30. The van der Waals surface area contributed by atoms with Crippen molar-refractivity contribution in [1.82, 2.24) is 0 Å². The minimum atomic E-state index is -0.141. The molecule has 0 aliphatic rings. The van der Waals surface area contributed by atoms with Crippen LogP contribution in [0.5, 0.6) is 0 Å². The van der Waals surface area contributed by atoms with Crippen LogP contribution in [-0.2, 0) is 0 Å². The number of thiophene rings is 1. The van der Waals surface area contributed by atoms with Gasteiger partial charge < -0.3 is 0 Å². The zero-order valence-electron chi connectivity index (χ0n) is 6.40. The van der Waals surface area contributed by atoms with Gasteiger partial charge in [0.2, 0.25) is 0 Å². The van der Waals surface area contributed by atoms with E-state index < -0.39 is 0 Å². The van der Waals surface area contributed by atoms with Crippen LogP contribution in [0.1, 0.15) is 5.56 Å². The van der Waals surface area contributed by atoms with Gasteiger partial charge in [0.15, 0.2) is 0 Å². The minimum absolute atomic E-state index is 0.141. The van der Waals surface area contributed by atoms with Crippen molar-refractivity contribution in [2.45, 2.75) is 6.92 Å². The molecule has 0 unspecified atom stereocenters. The van der Waals surface area contributed by atoms with Crippen LogP contribution < -0.4 is 0 Å². The molecule has 1 aromatic heterocycles. The number of halogens is 2. The van der Waals surface area contributed by atoms with E-state index in [1.165, 1.54) is 17.4 Å². The lowest BCUT2D eigenvalue weighted by Gasteiger charge is -1.94. The molecule has 0 nitrogen and oxygen atoms in total. The lowest BCUT2D eigenvalue weighted by molar-refractivity contribution is 0.641. The lowest BCUT2D eigenvalue weighted by atomic mass is 10.2. The average molecular weight is 245 g/mol. The van der Waals surface area contributed by atoms with E-state index in [4.69, 9.17) is 0 Å². The molecule has 3 heteroatoms. The third-order valence-corrected chi connectivity index (χ3v) is 3.37. The van der Waals surface area contributed by atoms with Gasteiger partial charge in [0.1, 0.15) is 5.82 Å². The standard InChI is InChI=1S/C9H6BrFS/c1-5-4-12-9-7(5)2-6(10)3-8(9)11/h2-4H,1H3. The Morgan fingerprint density at radius 2 is 2.17 bits per heavy atom. The van der Waals surface area contributed by atoms with Gasteiger partial charge in [0.05, 0.1) is 4.70 Å². The van der Waals surface area contributed by atoms with E-state index in [-0.39, 0.29) is 5.82 Å². The van der Waals surface area contributed by atoms with Crippen LogP contribution in [0.2, 0.25) is 0 Å². The van der Waals surface area contributed by atoms with Crippen LogP contribution in [0.15, 0.2) is 22.0 Å². The summed E-state index contributed by atoms with van der Waals surface area (Å²) >= 11 is 4.72. The fourth-order valence-corrected chi connectivity index (χ4v) is 2.55. The molecule has 62 valence electrons. The minimum Gasteiger partial charge on any atom is -0.205 e. The highest BCUT2D eigenvalue weighted by atomic mass is 79.9. The number of hydrogen-bond acceptors (Lipinski definition) is 1. The molecule has 0 radical (unpaired) electrons. The molecule has 0 atom stereocenters. The van der Waals surface area contributed by atoms with E-state index >= 15 is 0 Å². The highest BCUT2D eigenvalue weighted by Gasteiger charge is 2.06. The Bertz CT molecular complexity index is 433. The van der Waals surface area contributed by atoms with Gasteiger partial charge in [-0.05, 0) is 35.4 Å². The number of aryl methyl sites for hydroxylation is 1. The maximum absolute atomic E-state index is 13.2. The summed E-state index contributed by atoms with van der Waals surface area (Å²) in [5.41, 5.74) is 1.13. The van der Waals surface area contributed by atoms with E-state index in [1.54, 1.807) is 0 Å². The Kier molecular flexibility index (Phi) is 1.93. The molecule has 12 heavy (non-hydrogen) atoms. The molecule has 1 aromatic carbocycles. The summed E-state index contributed by atoms with van der Waals surface area (Å²) in [6.07, 6.45) is 0. The number of hydrogen-bond donors (Lipinski definition) is 0. The molecule has 0 saturated carbocycles. The van der Waals surface area contributed by atoms with Crippen molar-refractivity contribution >= 4 is 37.4 Å². The monoisotopic (exact) mass is 244 g/mol. The van der Waals surface area contributed by atoms with E-state index in [2.05, 4.69) is 15.9 Å². The zero-order valence-corrected chi connectivity index (χ0v) is 8.80. The molecule has 0 fully saturated rings. The molecule has 1 heterocycles. The molecule has 0 aliphatic heterocycles. The third-order valence-electron chi connectivity index (χ3n) is 1.79. The molecule has 2 rings (SSSR count). The predicted octanol–water partition coefficient (Wildman–Crippen LogP) is 4.11. The summed E-state index contributed by atoms with van der Waals surface area (Å²) in [6, 6.07) is 3.45. The fraction of sp³-hybridized carbons (Fsp3) is 0.111. The summed E-state index contributed by atoms with van der Waals surface area (Å²) in [4.78, 5) is 0. The van der Waals surface area contributed by atoms with Gasteiger partial charge in [0.25, 0.3) is 0 Å². The van der Waals surface area contributed by atoms with Crippen molar-refractivity contribution in [3.8, 4) is 0 Å². The second kappa shape index (κ2) is 2.82. The maximum Gasteiger partial charge on any atom is 0.142 e. The fourth-order valence-electron chi connectivity index (χ4n) is 1.18. The summed E-state index contributed by atoms with van der Waals surface area (Å²) < 4.78 is 14.8. The second-order valence-corrected chi connectivity index (χ2v) is 4.48. The number of rotatable bonds is 0. The van der Waals surface area contributed by atoms with Crippen LogP contribution in [0, 0.1) is 12.7 Å². The van der Waals surface area contributed by atoms with Gasteiger partial charge in [-0.1, -0.05) is 15.9 Å². The molecule has 0 spiro atoms. The highest BCUT2D eigenvalue weighted by molar-refractivity contribution is 9.10. The Balaban J connectivity index is 2.92. The largest absolute Gasteiger partial charge is 0.205 e. The van der Waals surface area contributed by atoms with Gasteiger partial charge in [-0.15, -0.1) is 11.3 Å². The first-order valence-corrected chi connectivity index (χ1v) is 5.18. The number of benzene rings is 1. The van der Waals surface area contributed by atoms with Crippen molar-refractivity contribution in [2.75, 3.05) is 0 Å². The van der Waals surface area contributed by atoms with Crippen molar-refractivity contribution < 1.29 is 4.39 Å². The molecule has 0 N–H and O–H groups in total. The third kappa shape index (κ3) is 1.17. The molecule has 0 saturated heterocycles. The molecule has 0 bridgehead atoms. The van der Waals surface area contributed by atoms with Crippen LogP contribution >= 0.6 is 27.3 Å². The molecule has 0 aliphatic carbocycles. The van der Waals surface area contributed by atoms with Crippen LogP contribution in [0.25, 0.3) is 10.1 Å². The summed E-state index contributed by atoms with van der Waals surface area (Å²) in [6.45, 7) is 1.99. The molecular formula is C9H6BrFS. The van der Waals surface area contributed by atoms with E-state index in [0.717, 1.165) is 20.1 Å². The first-order chi connectivity index (χ1) is 5.68. The SMILES string of the molecule is Cc1csc2c(F)cc(Br)cc12. The zero-order chi connectivity index (χ0) is 8.72. The van der Waals surface area contributed by atoms with E-state index in [9.17, 15) is 4.39 Å². The summed E-state index contributed by atoms with van der Waals surface area (Å²) in [5.74, 6) is -0.141. The average Bonchev–Trinajstić information content (AvgIpc) is 2.33. The van der Waals surface area contributed by atoms with Crippen LogP contribution in [0.3, 0.4) is 0 Å². The van der Waals surface area contributed by atoms with Gasteiger partial charge in [0, 0.05) is 4.47 Å².